The molecule has 0 aliphatic rings. The van der Waals surface area contributed by atoms with Gasteiger partial charge in [0.1, 0.15) is 17.5 Å². The van der Waals surface area contributed by atoms with Gasteiger partial charge in [0, 0.05) is 24.3 Å². The van der Waals surface area contributed by atoms with Crippen molar-refractivity contribution in [1.29, 1.82) is 5.26 Å². The van der Waals surface area contributed by atoms with Crippen LogP contribution in [0.5, 0.6) is 0 Å². The highest BCUT2D eigenvalue weighted by Crippen LogP contribution is 2.26. The number of ether oxygens (including phenoxy) is 1. The fourth-order valence-corrected chi connectivity index (χ4v) is 3.17. The Kier molecular flexibility index (Phi) is 4.86. The maximum Gasteiger partial charge on any atom is 0.343 e. The normalized spacial score (nSPS) is 10.6. The van der Waals surface area contributed by atoms with Crippen molar-refractivity contribution in [2.75, 3.05) is 12.3 Å². The van der Waals surface area contributed by atoms with Crippen molar-refractivity contribution < 1.29 is 9.53 Å². The molecule has 0 atom stereocenters. The summed E-state index contributed by atoms with van der Waals surface area (Å²) in [6, 6.07) is 7.94. The van der Waals surface area contributed by atoms with Crippen LogP contribution in [0.3, 0.4) is 0 Å². The first kappa shape index (κ1) is 16.8. The summed E-state index contributed by atoms with van der Waals surface area (Å²) in [5.41, 5.74) is 8.34. The Morgan fingerprint density at radius 3 is 3.04 bits per heavy atom. The van der Waals surface area contributed by atoms with Gasteiger partial charge in [0.15, 0.2) is 5.16 Å². The van der Waals surface area contributed by atoms with Crippen LogP contribution < -0.4 is 5.73 Å². The summed E-state index contributed by atoms with van der Waals surface area (Å²) in [6.07, 6.45) is 5.17. The van der Waals surface area contributed by atoms with E-state index in [0.717, 1.165) is 11.1 Å². The SMILES string of the molecule is CCOC(=O)c1cnc(SCc2cn3ccccc3c2C#N)nc1N. The highest BCUT2D eigenvalue weighted by atomic mass is 32.2. The minimum absolute atomic E-state index is 0.0819. The maximum atomic E-state index is 11.7. The van der Waals surface area contributed by atoms with Gasteiger partial charge in [0.05, 0.1) is 17.7 Å². The Morgan fingerprint density at radius 1 is 1.48 bits per heavy atom. The Bertz CT molecular complexity index is 977. The van der Waals surface area contributed by atoms with Crippen LogP contribution in [0.25, 0.3) is 5.52 Å². The summed E-state index contributed by atoms with van der Waals surface area (Å²) in [5, 5.41) is 9.85. The Balaban J connectivity index is 1.79. The number of thioether (sulfide) groups is 1. The summed E-state index contributed by atoms with van der Waals surface area (Å²) < 4.78 is 6.81. The molecule has 0 radical (unpaired) electrons. The molecule has 0 fully saturated rings. The largest absolute Gasteiger partial charge is 0.462 e. The van der Waals surface area contributed by atoms with Crippen LogP contribution in [0.1, 0.15) is 28.4 Å². The van der Waals surface area contributed by atoms with Gasteiger partial charge in [0.25, 0.3) is 0 Å². The van der Waals surface area contributed by atoms with Crippen molar-refractivity contribution in [3.63, 3.8) is 0 Å². The van der Waals surface area contributed by atoms with Crippen LogP contribution >= 0.6 is 11.8 Å². The molecule has 25 heavy (non-hydrogen) atoms. The summed E-state index contributed by atoms with van der Waals surface area (Å²) in [6.45, 7) is 1.97. The molecule has 8 heteroatoms. The van der Waals surface area contributed by atoms with E-state index in [1.54, 1.807) is 6.92 Å². The maximum absolute atomic E-state index is 11.7. The predicted molar refractivity (Wildman–Crippen MR) is 94.1 cm³/mol. The second kappa shape index (κ2) is 7.23. The minimum Gasteiger partial charge on any atom is -0.462 e. The third-order valence-electron chi connectivity index (χ3n) is 3.52. The summed E-state index contributed by atoms with van der Waals surface area (Å²) in [5.74, 6) is 0.0588. The van der Waals surface area contributed by atoms with Crippen molar-refractivity contribution >= 4 is 29.1 Å². The molecule has 0 aliphatic heterocycles. The molecular formula is C17H15N5O2S. The van der Waals surface area contributed by atoms with E-state index < -0.39 is 5.97 Å². The number of aromatic nitrogens is 3. The molecule has 3 aromatic rings. The number of fused-ring (bicyclic) bond motifs is 1. The number of pyridine rings is 1. The second-order valence-electron chi connectivity index (χ2n) is 5.09. The molecule has 0 amide bonds. The topological polar surface area (TPSA) is 106 Å². The van der Waals surface area contributed by atoms with Gasteiger partial charge in [-0.05, 0) is 24.6 Å². The molecule has 0 saturated carbocycles. The van der Waals surface area contributed by atoms with Gasteiger partial charge < -0.3 is 14.9 Å². The van der Waals surface area contributed by atoms with Crippen molar-refractivity contribution in [3.8, 4) is 6.07 Å². The van der Waals surface area contributed by atoms with Gasteiger partial charge in [-0.3, -0.25) is 0 Å². The Hall–Kier alpha value is -3.05. The van der Waals surface area contributed by atoms with Gasteiger partial charge in [0.2, 0.25) is 0 Å². The van der Waals surface area contributed by atoms with Crippen LogP contribution in [0.15, 0.2) is 41.9 Å². The molecule has 126 valence electrons. The van der Waals surface area contributed by atoms with Crippen molar-refractivity contribution in [2.45, 2.75) is 17.8 Å². The molecule has 0 aromatic carbocycles. The molecule has 0 bridgehead atoms. The molecule has 0 unspecified atom stereocenters. The third-order valence-corrected chi connectivity index (χ3v) is 4.43. The zero-order chi connectivity index (χ0) is 17.8. The quantitative estimate of drug-likeness (QED) is 0.427. The lowest BCUT2D eigenvalue weighted by molar-refractivity contribution is 0.0526. The molecule has 3 rings (SSSR count). The molecule has 0 spiro atoms. The van der Waals surface area contributed by atoms with E-state index in [2.05, 4.69) is 16.0 Å². The lowest BCUT2D eigenvalue weighted by atomic mass is 10.2. The lowest BCUT2D eigenvalue weighted by Crippen LogP contribution is -2.10. The number of hydrogen-bond donors (Lipinski definition) is 1. The summed E-state index contributed by atoms with van der Waals surface area (Å²) in [7, 11) is 0. The van der Waals surface area contributed by atoms with E-state index in [1.807, 2.05) is 35.0 Å². The van der Waals surface area contributed by atoms with E-state index in [4.69, 9.17) is 10.5 Å². The van der Waals surface area contributed by atoms with Crippen LogP contribution in [-0.4, -0.2) is 26.9 Å². The van der Waals surface area contributed by atoms with Crippen LogP contribution in [-0.2, 0) is 10.5 Å². The van der Waals surface area contributed by atoms with Crippen LogP contribution in [0.4, 0.5) is 5.82 Å². The molecule has 2 N–H and O–H groups in total. The lowest BCUT2D eigenvalue weighted by Gasteiger charge is -2.05. The van der Waals surface area contributed by atoms with Crippen LogP contribution in [0.2, 0.25) is 0 Å². The number of nitrogen functional groups attached to an aromatic ring is 1. The molecular weight excluding hydrogens is 338 g/mol. The van der Waals surface area contributed by atoms with E-state index in [0.29, 0.717) is 16.5 Å². The Labute approximate surface area is 148 Å². The molecule has 7 nitrogen and oxygen atoms in total. The number of anilines is 1. The number of rotatable bonds is 5. The molecule has 0 saturated heterocycles. The number of esters is 1. The number of nitriles is 1. The monoisotopic (exact) mass is 353 g/mol. The summed E-state index contributed by atoms with van der Waals surface area (Å²) >= 11 is 1.35. The zero-order valence-electron chi connectivity index (χ0n) is 13.5. The van der Waals surface area contributed by atoms with Gasteiger partial charge in [-0.1, -0.05) is 17.8 Å². The highest BCUT2D eigenvalue weighted by molar-refractivity contribution is 7.98. The fraction of sp³-hybridized carbons (Fsp3) is 0.176. The molecule has 3 aromatic heterocycles. The predicted octanol–water partition coefficient (Wildman–Crippen LogP) is 2.65. The average Bonchev–Trinajstić information content (AvgIpc) is 2.97. The van der Waals surface area contributed by atoms with Crippen molar-refractivity contribution in [2.24, 2.45) is 0 Å². The van der Waals surface area contributed by atoms with Crippen LogP contribution in [0, 0.1) is 11.3 Å². The summed E-state index contributed by atoms with van der Waals surface area (Å²) in [4.78, 5) is 20.0. The third kappa shape index (κ3) is 3.41. The number of carbonyl (C=O) groups is 1. The van der Waals surface area contributed by atoms with E-state index in [9.17, 15) is 10.1 Å². The molecule has 0 aliphatic carbocycles. The van der Waals surface area contributed by atoms with E-state index in [-0.39, 0.29) is 18.0 Å². The highest BCUT2D eigenvalue weighted by Gasteiger charge is 2.15. The van der Waals surface area contributed by atoms with Crippen molar-refractivity contribution in [3.05, 3.63) is 53.5 Å². The first-order chi connectivity index (χ1) is 12.1. The van der Waals surface area contributed by atoms with Gasteiger partial charge in [-0.2, -0.15) is 5.26 Å². The van der Waals surface area contributed by atoms with E-state index >= 15 is 0 Å². The number of carbonyl (C=O) groups excluding carboxylic acids is 1. The standard InChI is InChI=1S/C17H15N5O2S/c1-2-24-16(23)13-8-20-17(21-15(13)19)25-10-11-9-22-6-4-3-5-14(22)12(11)7-18/h3-6,8-9H,2,10H2,1H3,(H2,19,20,21). The zero-order valence-corrected chi connectivity index (χ0v) is 14.3. The Morgan fingerprint density at radius 2 is 2.32 bits per heavy atom. The second-order valence-corrected chi connectivity index (χ2v) is 6.04. The minimum atomic E-state index is -0.540. The smallest absolute Gasteiger partial charge is 0.343 e. The van der Waals surface area contributed by atoms with Crippen molar-refractivity contribution in [1.82, 2.24) is 14.4 Å². The van der Waals surface area contributed by atoms with Gasteiger partial charge in [-0.15, -0.1) is 0 Å². The number of nitrogens with two attached hydrogens (primary N) is 1. The average molecular weight is 353 g/mol. The number of hydrogen-bond acceptors (Lipinski definition) is 7. The van der Waals surface area contributed by atoms with Gasteiger partial charge >= 0.3 is 5.97 Å². The number of nitrogens with zero attached hydrogens (tertiary/aromatic N) is 4. The fourth-order valence-electron chi connectivity index (χ4n) is 2.37. The van der Waals surface area contributed by atoms with E-state index in [1.165, 1.54) is 18.0 Å². The first-order valence-corrected chi connectivity index (χ1v) is 8.53. The van der Waals surface area contributed by atoms with Gasteiger partial charge in [-0.25, -0.2) is 14.8 Å². The first-order valence-electron chi connectivity index (χ1n) is 7.55. The molecule has 3 heterocycles.